The minimum absolute atomic E-state index is 0. The minimum atomic E-state index is 0. The number of pyridine rings is 3. The molecule has 6 nitrogen and oxygen atoms in total. The van der Waals surface area contributed by atoms with Crippen LogP contribution in [0.5, 0.6) is 0 Å². The molecule has 6 unspecified atom stereocenters. The fourth-order valence-electron chi connectivity index (χ4n) is 14.7. The Balaban J connectivity index is 0.000000144. The first-order chi connectivity index (χ1) is 53.6. The summed E-state index contributed by atoms with van der Waals surface area (Å²) in [5.74, 6) is 2.46. The van der Waals surface area contributed by atoms with E-state index in [9.17, 15) is 0 Å². The summed E-state index contributed by atoms with van der Waals surface area (Å²) >= 11 is 0. The Labute approximate surface area is 748 Å². The van der Waals surface area contributed by atoms with Crippen molar-refractivity contribution in [2.75, 3.05) is 0 Å². The van der Waals surface area contributed by atoms with Crippen molar-refractivity contribution < 1.29 is 121 Å². The maximum atomic E-state index is 4.55. The van der Waals surface area contributed by atoms with Gasteiger partial charge in [-0.15, -0.1) is 215 Å². The van der Waals surface area contributed by atoms with Crippen molar-refractivity contribution in [3.8, 4) is 33.8 Å². The van der Waals surface area contributed by atoms with Gasteiger partial charge in [-0.25, -0.2) is 0 Å². The zero-order valence-electron chi connectivity index (χ0n) is 61.3. The van der Waals surface area contributed by atoms with Crippen LogP contribution >= 0.6 is 0 Å². The molecule has 15 aromatic rings. The van der Waals surface area contributed by atoms with Gasteiger partial charge in [-0.3, -0.25) is 0 Å². The number of hydrogen-bond acceptors (Lipinski definition) is 6. The van der Waals surface area contributed by atoms with Gasteiger partial charge in [0.1, 0.15) is 0 Å². The summed E-state index contributed by atoms with van der Waals surface area (Å²) in [6, 6.07) is 112. The first-order valence-corrected chi connectivity index (χ1v) is 36.6. The molecule has 0 saturated heterocycles. The van der Waals surface area contributed by atoms with Crippen LogP contribution in [-0.4, -0.2) is 32.1 Å². The van der Waals surface area contributed by atoms with Gasteiger partial charge < -0.3 is 29.9 Å². The average molecular weight is 2540 g/mol. The molecule has 21 rings (SSSR count). The molecule has 3 aromatic heterocycles. The Bertz CT molecular complexity index is 5510. The Kier molecular flexibility index (Phi) is 32.7. The second-order valence-electron chi connectivity index (χ2n) is 26.5. The van der Waals surface area contributed by atoms with Crippen LogP contribution in [0, 0.1) is 71.9 Å². The molecule has 12 aromatic carbocycles. The van der Waals surface area contributed by atoms with E-state index in [0.29, 0.717) is 35.5 Å². The number of fused-ring (bicyclic) bond motifs is 12. The van der Waals surface area contributed by atoms with E-state index < -0.39 is 0 Å². The molecule has 0 N–H and O–H groups in total. The predicted molar refractivity (Wildman–Crippen MR) is 449 cm³/mol. The molecule has 570 valence electrons. The van der Waals surface area contributed by atoms with Crippen molar-refractivity contribution in [1.82, 2.24) is 15.0 Å². The first-order valence-electron chi connectivity index (χ1n) is 36.6. The molecule has 0 bridgehead atoms. The summed E-state index contributed by atoms with van der Waals surface area (Å²) < 4.78 is 0. The van der Waals surface area contributed by atoms with Crippen molar-refractivity contribution in [1.29, 1.82) is 0 Å². The van der Waals surface area contributed by atoms with Crippen LogP contribution in [0.2, 0.25) is 0 Å². The molecular weight excluding hydrogens is 2460 g/mol. The van der Waals surface area contributed by atoms with Crippen LogP contribution in [0.25, 0.3) is 98.4 Å². The van der Waals surface area contributed by atoms with Gasteiger partial charge in [0.2, 0.25) is 0 Å². The number of rotatable bonds is 6. The molecule has 3 aliphatic heterocycles. The topological polar surface area (TPSA) is 75.8 Å². The second kappa shape index (κ2) is 43.1. The number of aromatic nitrogens is 3. The van der Waals surface area contributed by atoms with E-state index in [1.54, 1.807) is 0 Å². The fourth-order valence-corrected chi connectivity index (χ4v) is 14.7. The van der Waals surface area contributed by atoms with E-state index in [2.05, 4.69) is 321 Å². The summed E-state index contributed by atoms with van der Waals surface area (Å²) in [4.78, 5) is 27.2. The molecule has 12 heteroatoms. The van der Waals surface area contributed by atoms with Crippen LogP contribution in [0.4, 0.5) is 0 Å². The molecule has 6 radical (unpaired) electrons. The Hall–Kier alpha value is -9.78. The summed E-state index contributed by atoms with van der Waals surface area (Å²) in [6.07, 6.45) is 43.7. The van der Waals surface area contributed by atoms with Gasteiger partial charge in [0.05, 0.1) is 0 Å². The molecule has 0 fully saturated rings. The van der Waals surface area contributed by atoms with Gasteiger partial charge in [0.25, 0.3) is 0 Å². The SMILES string of the molecule is [Ir].[Ir].[Ir].[Ir].[Ir].[Ir].[c-]1ccccc1-c1nccc2c1ccc1ccccc12.[c-]1ccccc1-c1nccc2c1ccc1ccccc12.[c-]1ccccc1-c1nccc2c1ccc1ccccc12.[c-]1ccccc1C1=NC=CC2C=CC=CC12.[c-]1ccccc1C1=NC=CC2C=CC=CC12.[c-]1ccccc1C1=NC=CC2C=CC=CC12. The number of allylic oxidation sites excluding steroid dienone is 15. The van der Waals surface area contributed by atoms with Gasteiger partial charge in [-0.1, -0.05) is 200 Å². The molecular formula is C102H72Ir6N6-6. The quantitative estimate of drug-likeness (QED) is 0.123. The van der Waals surface area contributed by atoms with Crippen molar-refractivity contribution in [3.05, 3.63) is 454 Å². The van der Waals surface area contributed by atoms with Gasteiger partial charge in [0.15, 0.2) is 0 Å². The Morgan fingerprint density at radius 2 is 0.447 bits per heavy atom. The summed E-state index contributed by atoms with van der Waals surface area (Å²) in [5, 5.41) is 14.8. The third-order valence-corrected chi connectivity index (χ3v) is 19.9. The maximum Gasteiger partial charge on any atom is 0.0167 e. The van der Waals surface area contributed by atoms with Gasteiger partial charge in [0, 0.05) is 176 Å². The second-order valence-corrected chi connectivity index (χ2v) is 26.5. The van der Waals surface area contributed by atoms with E-state index in [1.165, 1.54) is 64.6 Å². The molecule has 0 saturated carbocycles. The molecule has 3 aliphatic carbocycles. The molecule has 6 aliphatic rings. The van der Waals surface area contributed by atoms with E-state index in [0.717, 1.165) is 67.6 Å². The largest absolute Gasteiger partial charge is 0.309 e. The number of aliphatic imine (C=N–C) groups is 3. The normalized spacial score (nSPS) is 16.9. The van der Waals surface area contributed by atoms with Crippen molar-refractivity contribution >= 4 is 81.8 Å². The molecule has 6 atom stereocenters. The van der Waals surface area contributed by atoms with Crippen LogP contribution in [0.1, 0.15) is 16.7 Å². The van der Waals surface area contributed by atoms with E-state index in [4.69, 9.17) is 0 Å². The Morgan fingerprint density at radius 3 is 0.711 bits per heavy atom. The van der Waals surface area contributed by atoms with Gasteiger partial charge in [-0.05, 0) is 135 Å². The van der Waals surface area contributed by atoms with Crippen molar-refractivity contribution in [2.24, 2.45) is 50.5 Å². The standard InChI is InChI=1S/3C19H12N.3C15H12N.6Ir/c3*1-2-7-15(8-3-1)19-18-11-10-14-6-4-5-9-16(14)17(18)12-13-20-19;3*1-2-7-13(8-3-1)15-14-9-5-4-6-12(14)10-11-16-15;;;;;;/h3*1-7,9-13H;3*1-7,9-12,14H;;;;;;/q6*-1;;;;;;. The van der Waals surface area contributed by atoms with E-state index >= 15 is 0 Å². The number of benzene rings is 12. The number of nitrogens with zero attached hydrogens (tertiary/aromatic N) is 6. The van der Waals surface area contributed by atoms with Gasteiger partial charge >= 0.3 is 0 Å². The zero-order chi connectivity index (χ0) is 72.5. The summed E-state index contributed by atoms with van der Waals surface area (Å²) in [5.41, 5.74) is 12.7. The molecule has 114 heavy (non-hydrogen) atoms. The smallest absolute Gasteiger partial charge is 0.0167 e. The molecule has 0 amide bonds. The Morgan fingerprint density at radius 1 is 0.202 bits per heavy atom. The monoisotopic (exact) mass is 2540 g/mol. The third-order valence-electron chi connectivity index (χ3n) is 19.9. The van der Waals surface area contributed by atoms with E-state index in [-0.39, 0.29) is 121 Å². The third kappa shape index (κ3) is 20.3. The molecule has 0 spiro atoms. The van der Waals surface area contributed by atoms with E-state index in [1.807, 2.05) is 146 Å². The zero-order valence-corrected chi connectivity index (χ0v) is 75.6. The van der Waals surface area contributed by atoms with Crippen LogP contribution < -0.4 is 0 Å². The van der Waals surface area contributed by atoms with Crippen LogP contribution in [0.15, 0.2) is 416 Å². The predicted octanol–water partition coefficient (Wildman–Crippen LogP) is 24.0. The van der Waals surface area contributed by atoms with Crippen LogP contribution in [0.3, 0.4) is 0 Å². The summed E-state index contributed by atoms with van der Waals surface area (Å²) in [6.45, 7) is 0. The maximum absolute atomic E-state index is 4.55. The first kappa shape index (κ1) is 86.6. The van der Waals surface area contributed by atoms with Crippen molar-refractivity contribution in [3.63, 3.8) is 0 Å². The average Bonchev–Trinajstić information content (AvgIpc) is 0.779. The molecule has 6 heterocycles. The summed E-state index contributed by atoms with van der Waals surface area (Å²) in [7, 11) is 0. The van der Waals surface area contributed by atoms with Gasteiger partial charge in [-0.2, -0.15) is 0 Å². The fraction of sp³-hybridized carbons (Fsp3) is 0.0588. The number of hydrogen-bond donors (Lipinski definition) is 0. The minimum Gasteiger partial charge on any atom is -0.309 e. The van der Waals surface area contributed by atoms with Crippen LogP contribution in [-0.2, 0) is 121 Å². The van der Waals surface area contributed by atoms with Crippen molar-refractivity contribution in [2.45, 2.75) is 0 Å².